The number of benzene rings is 8. The van der Waals surface area contributed by atoms with E-state index < -0.39 is 0 Å². The Balaban J connectivity index is 1.23. The van der Waals surface area contributed by atoms with E-state index in [4.69, 9.17) is 4.42 Å². The molecule has 2 nitrogen and oxygen atoms in total. The summed E-state index contributed by atoms with van der Waals surface area (Å²) in [4.78, 5) is 2.52. The minimum absolute atomic E-state index is 0.149. The third-order valence-corrected chi connectivity index (χ3v) is 12.7. The lowest BCUT2D eigenvalue weighted by Gasteiger charge is -2.31. The fourth-order valence-corrected chi connectivity index (χ4v) is 9.78. The summed E-state index contributed by atoms with van der Waals surface area (Å²) in [5.74, 6) is 0. The van der Waals surface area contributed by atoms with Gasteiger partial charge in [-0.1, -0.05) is 161 Å². The molecule has 0 spiro atoms. The van der Waals surface area contributed by atoms with Gasteiger partial charge in [-0.15, -0.1) is 0 Å². The molecule has 0 bridgehead atoms. The number of hydrogen-bond donors (Lipinski definition) is 0. The van der Waals surface area contributed by atoms with E-state index in [0.29, 0.717) is 0 Å². The van der Waals surface area contributed by atoms with Crippen LogP contribution in [0.3, 0.4) is 0 Å². The maximum atomic E-state index is 6.99. The summed E-state index contributed by atoms with van der Waals surface area (Å²) in [5.41, 5.74) is 20.0. The predicted molar refractivity (Wildman–Crippen MR) is 234 cm³/mol. The van der Waals surface area contributed by atoms with Gasteiger partial charge < -0.3 is 9.32 Å². The maximum Gasteiger partial charge on any atom is 0.137 e. The summed E-state index contributed by atoms with van der Waals surface area (Å²) < 4.78 is 6.99. The van der Waals surface area contributed by atoms with Crippen LogP contribution in [-0.4, -0.2) is 0 Å². The van der Waals surface area contributed by atoms with E-state index in [1.807, 2.05) is 0 Å². The van der Waals surface area contributed by atoms with Crippen LogP contribution in [0, 0.1) is 0 Å². The molecular formula is C54H41NO. The first-order chi connectivity index (χ1) is 27.3. The van der Waals surface area contributed by atoms with Crippen molar-refractivity contribution in [3.63, 3.8) is 0 Å². The molecule has 9 aromatic rings. The smallest absolute Gasteiger partial charge is 0.137 e. The van der Waals surface area contributed by atoms with E-state index in [1.165, 1.54) is 61.2 Å². The molecule has 0 unspecified atom stereocenters. The molecule has 1 aromatic heterocycles. The van der Waals surface area contributed by atoms with Crippen LogP contribution in [0.25, 0.3) is 66.4 Å². The molecule has 0 saturated carbocycles. The van der Waals surface area contributed by atoms with Gasteiger partial charge >= 0.3 is 0 Å². The molecular weight excluding hydrogens is 679 g/mol. The largest absolute Gasteiger partial charge is 0.456 e. The fourth-order valence-electron chi connectivity index (χ4n) is 9.78. The van der Waals surface area contributed by atoms with Gasteiger partial charge in [-0.25, -0.2) is 0 Å². The van der Waals surface area contributed by atoms with Crippen LogP contribution in [0.1, 0.15) is 49.9 Å². The van der Waals surface area contributed by atoms with E-state index in [-0.39, 0.29) is 10.8 Å². The second-order valence-corrected chi connectivity index (χ2v) is 16.5. The number of hydrogen-bond acceptors (Lipinski definition) is 2. The molecule has 0 radical (unpaired) electrons. The minimum atomic E-state index is -0.229. The first kappa shape index (κ1) is 32.8. The van der Waals surface area contributed by atoms with Gasteiger partial charge in [-0.3, -0.25) is 0 Å². The Bertz CT molecular complexity index is 3000. The summed E-state index contributed by atoms with van der Waals surface area (Å²) >= 11 is 0. The number of anilines is 3. The van der Waals surface area contributed by atoms with Crippen LogP contribution in [0.4, 0.5) is 17.1 Å². The second kappa shape index (κ2) is 11.9. The van der Waals surface area contributed by atoms with Gasteiger partial charge in [-0.05, 0) is 104 Å². The van der Waals surface area contributed by atoms with Crippen molar-refractivity contribution in [1.82, 2.24) is 0 Å². The van der Waals surface area contributed by atoms with Gasteiger partial charge in [-0.2, -0.15) is 0 Å². The predicted octanol–water partition coefficient (Wildman–Crippen LogP) is 15.0. The Labute approximate surface area is 328 Å². The Morgan fingerprint density at radius 2 is 0.929 bits per heavy atom. The van der Waals surface area contributed by atoms with Crippen molar-refractivity contribution in [1.29, 1.82) is 0 Å². The first-order valence-corrected chi connectivity index (χ1v) is 19.7. The first-order valence-electron chi connectivity index (χ1n) is 19.7. The van der Waals surface area contributed by atoms with E-state index in [2.05, 4.69) is 209 Å². The number of rotatable bonds is 5. The summed E-state index contributed by atoms with van der Waals surface area (Å²) in [7, 11) is 0. The average Bonchev–Trinajstić information content (AvgIpc) is 3.81. The molecule has 8 aromatic carbocycles. The molecule has 268 valence electrons. The zero-order chi connectivity index (χ0) is 37.8. The van der Waals surface area contributed by atoms with Crippen molar-refractivity contribution in [3.8, 4) is 44.5 Å². The number of fused-ring (bicyclic) bond motifs is 9. The number of nitrogens with zero attached hydrogens (tertiary/aromatic N) is 1. The van der Waals surface area contributed by atoms with Crippen molar-refractivity contribution >= 4 is 39.0 Å². The topological polar surface area (TPSA) is 16.4 Å². The Morgan fingerprint density at radius 1 is 0.393 bits per heavy atom. The Morgan fingerprint density at radius 3 is 1.64 bits per heavy atom. The molecule has 2 aliphatic carbocycles. The molecule has 56 heavy (non-hydrogen) atoms. The molecule has 0 saturated heterocycles. The van der Waals surface area contributed by atoms with Gasteiger partial charge in [0.1, 0.15) is 11.2 Å². The highest BCUT2D eigenvalue weighted by atomic mass is 16.3. The van der Waals surface area contributed by atoms with Crippen LogP contribution in [0.5, 0.6) is 0 Å². The highest BCUT2D eigenvalue weighted by Gasteiger charge is 2.41. The lowest BCUT2D eigenvalue weighted by molar-refractivity contribution is 0.647. The molecule has 0 fully saturated rings. The van der Waals surface area contributed by atoms with Crippen LogP contribution in [0.15, 0.2) is 180 Å². The maximum absolute atomic E-state index is 6.99. The van der Waals surface area contributed by atoms with Crippen molar-refractivity contribution in [2.75, 3.05) is 4.90 Å². The number of furan rings is 1. The van der Waals surface area contributed by atoms with E-state index in [9.17, 15) is 0 Å². The summed E-state index contributed by atoms with van der Waals surface area (Å²) in [6.45, 7) is 9.45. The van der Waals surface area contributed by atoms with Crippen molar-refractivity contribution < 1.29 is 4.42 Å². The highest BCUT2D eigenvalue weighted by molar-refractivity contribution is 6.19. The Kier molecular flexibility index (Phi) is 6.98. The van der Waals surface area contributed by atoms with Gasteiger partial charge in [0.15, 0.2) is 0 Å². The normalized spacial score (nSPS) is 14.4. The van der Waals surface area contributed by atoms with E-state index in [0.717, 1.165) is 44.6 Å². The van der Waals surface area contributed by atoms with Gasteiger partial charge in [0.25, 0.3) is 0 Å². The zero-order valence-corrected chi connectivity index (χ0v) is 32.1. The summed E-state index contributed by atoms with van der Waals surface area (Å²) in [6, 6.07) is 64.4. The summed E-state index contributed by atoms with van der Waals surface area (Å²) in [5, 5.41) is 2.24. The SMILES string of the molecule is CC1(C)c2ccccc2-c2ccc(N(c3ccc(-c4ccccc4)cc3)c3c4c(cc5oc6cc(-c7ccccc7)ccc6c35)C(C)(C)c3ccccc3-4)cc21. The van der Waals surface area contributed by atoms with Crippen molar-refractivity contribution in [2.45, 2.75) is 38.5 Å². The molecule has 0 aliphatic heterocycles. The lowest BCUT2D eigenvalue weighted by Crippen LogP contribution is -2.18. The monoisotopic (exact) mass is 719 g/mol. The standard InChI is InChI=1S/C54H41NO/c1-53(2)44-21-13-11-19-40(44)41-30-28-39(32-46(41)53)55(38-26-23-36(24-27-38)34-15-7-5-8-16-34)52-50-42-20-12-14-22-45(42)54(3,4)47(50)33-49-51(52)43-29-25-37(31-48(43)56-49)35-17-9-6-10-18-35/h5-33H,1-4H3. The van der Waals surface area contributed by atoms with Crippen molar-refractivity contribution in [3.05, 3.63) is 198 Å². The Hall–Kier alpha value is -6.64. The third kappa shape index (κ3) is 4.69. The van der Waals surface area contributed by atoms with Crippen LogP contribution >= 0.6 is 0 Å². The molecule has 2 heteroatoms. The van der Waals surface area contributed by atoms with Crippen LogP contribution < -0.4 is 4.90 Å². The van der Waals surface area contributed by atoms with Gasteiger partial charge in [0, 0.05) is 33.2 Å². The molecule has 0 atom stereocenters. The zero-order valence-electron chi connectivity index (χ0n) is 32.1. The molecule has 0 amide bonds. The quantitative estimate of drug-likeness (QED) is 0.176. The van der Waals surface area contributed by atoms with Crippen LogP contribution in [0.2, 0.25) is 0 Å². The van der Waals surface area contributed by atoms with Crippen LogP contribution in [-0.2, 0) is 10.8 Å². The average molecular weight is 720 g/mol. The van der Waals surface area contributed by atoms with E-state index in [1.54, 1.807) is 0 Å². The van der Waals surface area contributed by atoms with Gasteiger partial charge in [0.2, 0.25) is 0 Å². The summed E-state index contributed by atoms with van der Waals surface area (Å²) in [6.07, 6.45) is 0. The molecule has 11 rings (SSSR count). The minimum Gasteiger partial charge on any atom is -0.456 e. The molecule has 0 N–H and O–H groups in total. The lowest BCUT2D eigenvalue weighted by atomic mass is 9.82. The highest BCUT2D eigenvalue weighted by Crippen LogP contribution is 2.59. The third-order valence-electron chi connectivity index (χ3n) is 12.7. The molecule has 2 aliphatic rings. The second-order valence-electron chi connectivity index (χ2n) is 16.5. The van der Waals surface area contributed by atoms with Gasteiger partial charge in [0.05, 0.1) is 11.1 Å². The molecule has 1 heterocycles. The fraction of sp³-hybridized carbons (Fsp3) is 0.111. The van der Waals surface area contributed by atoms with E-state index >= 15 is 0 Å². The van der Waals surface area contributed by atoms with Crippen molar-refractivity contribution in [2.24, 2.45) is 0 Å².